The fraction of sp³-hybridized carbons (Fsp3) is 1.00. The molecule has 100 valence electrons. The monoisotopic (exact) mass is 252 g/mol. The molecule has 2 heterocycles. The van der Waals surface area contributed by atoms with E-state index in [0.717, 1.165) is 0 Å². The van der Waals surface area contributed by atoms with E-state index in [9.17, 15) is 13.2 Å². The highest BCUT2D eigenvalue weighted by Crippen LogP contribution is 2.34. The van der Waals surface area contributed by atoms with Crippen molar-refractivity contribution >= 4 is 0 Å². The van der Waals surface area contributed by atoms with Crippen LogP contribution in [0.3, 0.4) is 0 Å². The van der Waals surface area contributed by atoms with Gasteiger partial charge in [-0.05, 0) is 25.7 Å². The molecule has 0 saturated carbocycles. The van der Waals surface area contributed by atoms with Crippen molar-refractivity contribution in [3.05, 3.63) is 0 Å². The van der Waals surface area contributed by atoms with Crippen LogP contribution in [-0.4, -0.2) is 49.0 Å². The average Bonchev–Trinajstić information content (AvgIpc) is 2.29. The number of rotatable bonds is 1. The predicted octanol–water partition coefficient (Wildman–Crippen LogP) is 1.52. The maximum absolute atomic E-state index is 13.0. The van der Waals surface area contributed by atoms with Crippen molar-refractivity contribution in [1.29, 1.82) is 0 Å². The molecule has 17 heavy (non-hydrogen) atoms. The van der Waals surface area contributed by atoms with Crippen LogP contribution in [0.4, 0.5) is 13.2 Å². The minimum Gasteiger partial charge on any atom is -0.381 e. The van der Waals surface area contributed by atoms with Gasteiger partial charge in [-0.15, -0.1) is 0 Å². The Kier molecular flexibility index (Phi) is 3.95. The molecule has 2 fully saturated rings. The number of nitrogens with two attached hydrogens (primary N) is 1. The highest BCUT2D eigenvalue weighted by Gasteiger charge is 2.48. The third-order valence-corrected chi connectivity index (χ3v) is 3.72. The summed E-state index contributed by atoms with van der Waals surface area (Å²) in [4.78, 5) is 1.60. The molecule has 2 rings (SSSR count). The van der Waals surface area contributed by atoms with E-state index in [1.807, 2.05) is 0 Å². The molecule has 2 aliphatic rings. The van der Waals surface area contributed by atoms with E-state index < -0.39 is 12.2 Å². The number of piperidine rings is 1. The first-order valence-corrected chi connectivity index (χ1v) is 6.14. The topological polar surface area (TPSA) is 38.5 Å². The van der Waals surface area contributed by atoms with Crippen molar-refractivity contribution in [2.45, 2.75) is 50.0 Å². The van der Waals surface area contributed by atoms with Gasteiger partial charge in [-0.3, -0.25) is 4.90 Å². The summed E-state index contributed by atoms with van der Waals surface area (Å²) >= 11 is 0. The molecule has 2 N–H and O–H groups in total. The highest BCUT2D eigenvalue weighted by atomic mass is 19.4. The highest BCUT2D eigenvalue weighted by molar-refractivity contribution is 4.92. The lowest BCUT2D eigenvalue weighted by Gasteiger charge is -2.44. The zero-order chi connectivity index (χ0) is 12.5. The smallest absolute Gasteiger partial charge is 0.381 e. The van der Waals surface area contributed by atoms with Gasteiger partial charge in [0.2, 0.25) is 0 Å². The average molecular weight is 252 g/mol. The molecule has 0 aromatic heterocycles. The normalized spacial score (nSPS) is 33.9. The number of hydrogen-bond acceptors (Lipinski definition) is 3. The van der Waals surface area contributed by atoms with Gasteiger partial charge in [0.25, 0.3) is 0 Å². The van der Waals surface area contributed by atoms with Crippen LogP contribution in [0.15, 0.2) is 0 Å². The van der Waals surface area contributed by atoms with Gasteiger partial charge in [0, 0.05) is 31.8 Å². The van der Waals surface area contributed by atoms with Crippen LogP contribution < -0.4 is 5.73 Å². The Hall–Kier alpha value is -0.330. The maximum Gasteiger partial charge on any atom is 0.404 e. The lowest BCUT2D eigenvalue weighted by atomic mass is 9.93. The Morgan fingerprint density at radius 3 is 2.35 bits per heavy atom. The predicted molar refractivity (Wildman–Crippen MR) is 57.6 cm³/mol. The molecule has 0 aromatic carbocycles. The van der Waals surface area contributed by atoms with E-state index >= 15 is 0 Å². The Balaban J connectivity index is 2.06. The molecular formula is C11H19F3N2O. The van der Waals surface area contributed by atoms with Crippen molar-refractivity contribution in [3.8, 4) is 0 Å². The van der Waals surface area contributed by atoms with Gasteiger partial charge < -0.3 is 10.5 Å². The summed E-state index contributed by atoms with van der Waals surface area (Å²) < 4.78 is 44.2. The summed E-state index contributed by atoms with van der Waals surface area (Å²) in [6, 6.07) is -1.69. The molecule has 2 unspecified atom stereocenters. The lowest BCUT2D eigenvalue weighted by molar-refractivity contribution is -0.202. The SMILES string of the molecule is NC1CCN(C2CCOCC2)C(C(F)(F)F)C1. The number of likely N-dealkylation sites (tertiary alicyclic amines) is 1. The first kappa shape index (κ1) is 13.1. The van der Waals surface area contributed by atoms with Crippen molar-refractivity contribution in [2.24, 2.45) is 5.73 Å². The maximum atomic E-state index is 13.0. The van der Waals surface area contributed by atoms with Gasteiger partial charge in [0.1, 0.15) is 6.04 Å². The molecule has 2 aliphatic heterocycles. The van der Waals surface area contributed by atoms with Crippen molar-refractivity contribution < 1.29 is 17.9 Å². The van der Waals surface area contributed by atoms with Crippen LogP contribution in [-0.2, 0) is 4.74 Å². The van der Waals surface area contributed by atoms with E-state index in [-0.39, 0.29) is 18.5 Å². The molecule has 3 nitrogen and oxygen atoms in total. The molecule has 0 radical (unpaired) electrons. The minimum atomic E-state index is -4.17. The number of alkyl halides is 3. The zero-order valence-electron chi connectivity index (χ0n) is 9.75. The summed E-state index contributed by atoms with van der Waals surface area (Å²) in [5.74, 6) is 0. The van der Waals surface area contributed by atoms with Crippen LogP contribution in [0.2, 0.25) is 0 Å². The number of halogens is 3. The first-order chi connectivity index (χ1) is 7.98. The summed E-state index contributed by atoms with van der Waals surface area (Å²) in [5.41, 5.74) is 5.66. The summed E-state index contributed by atoms with van der Waals surface area (Å²) in [5, 5.41) is 0. The molecule has 0 aromatic rings. The lowest BCUT2D eigenvalue weighted by Crippen LogP contribution is -2.58. The third kappa shape index (κ3) is 3.11. The third-order valence-electron chi connectivity index (χ3n) is 3.72. The van der Waals surface area contributed by atoms with Gasteiger partial charge in [0.15, 0.2) is 0 Å². The van der Waals surface area contributed by atoms with E-state index in [1.165, 1.54) is 0 Å². The molecule has 0 aliphatic carbocycles. The fourth-order valence-corrected chi connectivity index (χ4v) is 2.79. The van der Waals surface area contributed by atoms with E-state index in [4.69, 9.17) is 10.5 Å². The van der Waals surface area contributed by atoms with Gasteiger partial charge in [-0.25, -0.2) is 0 Å². The van der Waals surface area contributed by atoms with Crippen LogP contribution >= 0.6 is 0 Å². The van der Waals surface area contributed by atoms with Gasteiger partial charge in [-0.2, -0.15) is 13.2 Å². The minimum absolute atomic E-state index is 0.00266. The van der Waals surface area contributed by atoms with Crippen LogP contribution in [0.5, 0.6) is 0 Å². The van der Waals surface area contributed by atoms with Crippen LogP contribution in [0.1, 0.15) is 25.7 Å². The van der Waals surface area contributed by atoms with Crippen molar-refractivity contribution in [2.75, 3.05) is 19.8 Å². The fourth-order valence-electron chi connectivity index (χ4n) is 2.79. The molecule has 2 saturated heterocycles. The number of ether oxygens (including phenoxy) is 1. The van der Waals surface area contributed by atoms with Crippen LogP contribution in [0, 0.1) is 0 Å². The molecular weight excluding hydrogens is 233 g/mol. The number of nitrogens with zero attached hydrogens (tertiary/aromatic N) is 1. The quantitative estimate of drug-likeness (QED) is 0.769. The molecule has 0 amide bonds. The Morgan fingerprint density at radius 1 is 1.12 bits per heavy atom. The Bertz CT molecular complexity index is 254. The summed E-state index contributed by atoms with van der Waals surface area (Å²) in [6.45, 7) is 1.59. The van der Waals surface area contributed by atoms with Gasteiger partial charge >= 0.3 is 6.18 Å². The first-order valence-electron chi connectivity index (χ1n) is 6.14. The molecule has 0 bridgehead atoms. The van der Waals surface area contributed by atoms with Crippen molar-refractivity contribution in [1.82, 2.24) is 4.90 Å². The second kappa shape index (κ2) is 5.12. The Labute approximate surface area is 99.1 Å². The van der Waals surface area contributed by atoms with E-state index in [0.29, 0.717) is 39.0 Å². The summed E-state index contributed by atoms with van der Waals surface area (Å²) in [6.07, 6.45) is -2.09. The standard InChI is InChI=1S/C11H19F3N2O/c12-11(13,14)10-7-8(15)1-4-16(10)9-2-5-17-6-3-9/h8-10H,1-7,15H2. The van der Waals surface area contributed by atoms with Crippen LogP contribution in [0.25, 0.3) is 0 Å². The second-order valence-corrected chi connectivity index (χ2v) is 4.92. The van der Waals surface area contributed by atoms with E-state index in [2.05, 4.69) is 0 Å². The molecule has 2 atom stereocenters. The molecule has 6 heteroatoms. The van der Waals surface area contributed by atoms with Gasteiger partial charge in [0.05, 0.1) is 0 Å². The van der Waals surface area contributed by atoms with Crippen molar-refractivity contribution in [3.63, 3.8) is 0 Å². The largest absolute Gasteiger partial charge is 0.404 e. The van der Waals surface area contributed by atoms with Gasteiger partial charge in [-0.1, -0.05) is 0 Å². The van der Waals surface area contributed by atoms with E-state index in [1.54, 1.807) is 4.90 Å². The number of hydrogen-bond donors (Lipinski definition) is 1. The summed E-state index contributed by atoms with van der Waals surface area (Å²) in [7, 11) is 0. The molecule has 0 spiro atoms. The Morgan fingerprint density at radius 2 is 1.76 bits per heavy atom. The zero-order valence-corrected chi connectivity index (χ0v) is 9.75. The second-order valence-electron chi connectivity index (χ2n) is 4.92.